The molecule has 2 heterocycles. The van der Waals surface area contributed by atoms with Crippen LogP contribution in [-0.4, -0.2) is 55.6 Å². The summed E-state index contributed by atoms with van der Waals surface area (Å²) in [6.07, 6.45) is 0.637. The summed E-state index contributed by atoms with van der Waals surface area (Å²) in [4.78, 5) is 12.5. The first-order chi connectivity index (χ1) is 13.9. The molecule has 0 aromatic heterocycles. The number of nitro groups is 1. The first-order valence-electron chi connectivity index (χ1n) is 9.28. The van der Waals surface area contributed by atoms with E-state index >= 15 is 0 Å². The van der Waals surface area contributed by atoms with Crippen LogP contribution < -0.4 is 4.90 Å². The normalized spacial score (nSPS) is 17.7. The Hall–Kier alpha value is -2.69. The molecule has 29 heavy (non-hydrogen) atoms. The zero-order valence-corrected chi connectivity index (χ0v) is 16.5. The average molecular weight is 419 g/mol. The van der Waals surface area contributed by atoms with Crippen LogP contribution in [0.5, 0.6) is 5.75 Å². The first kappa shape index (κ1) is 19.6. The highest BCUT2D eigenvalue weighted by atomic mass is 32.2. The molecule has 0 saturated carbocycles. The summed E-state index contributed by atoms with van der Waals surface area (Å²) in [5, 5.41) is 21.0. The van der Waals surface area contributed by atoms with Gasteiger partial charge in [0.1, 0.15) is 10.6 Å². The molecule has 0 bridgehead atoms. The number of fused-ring (bicyclic) bond motifs is 1. The van der Waals surface area contributed by atoms with Gasteiger partial charge < -0.3 is 14.7 Å². The van der Waals surface area contributed by atoms with Crippen molar-refractivity contribution in [2.24, 2.45) is 0 Å². The smallest absolute Gasteiger partial charge is 0.270 e. The summed E-state index contributed by atoms with van der Waals surface area (Å²) in [6, 6.07) is 9.12. The standard InChI is InChI=1S/C19H21N3O6S/c23-17-3-1-15-13-20(6-5-14(15)11-17)18-4-2-16(22(24)25)12-19(18)29(26,27)21-7-9-28-10-8-21/h1-4,11-12,23H,5-10,13H2. The van der Waals surface area contributed by atoms with Crippen LogP contribution in [0.25, 0.3) is 0 Å². The van der Waals surface area contributed by atoms with Crippen molar-refractivity contribution in [1.82, 2.24) is 4.31 Å². The number of non-ortho nitro benzene ring substituents is 1. The zero-order valence-electron chi connectivity index (χ0n) is 15.7. The number of hydrogen-bond acceptors (Lipinski definition) is 7. The molecule has 1 fully saturated rings. The number of nitrogens with zero attached hydrogens (tertiary/aromatic N) is 3. The Morgan fingerprint density at radius 2 is 1.79 bits per heavy atom. The Morgan fingerprint density at radius 3 is 2.52 bits per heavy atom. The highest BCUT2D eigenvalue weighted by molar-refractivity contribution is 7.89. The number of phenolic OH excluding ortho intramolecular Hbond substituents is 1. The van der Waals surface area contributed by atoms with Crippen molar-refractivity contribution in [1.29, 1.82) is 0 Å². The highest BCUT2D eigenvalue weighted by Gasteiger charge is 2.32. The number of benzene rings is 2. The van der Waals surface area contributed by atoms with Crippen LogP contribution in [0.3, 0.4) is 0 Å². The quantitative estimate of drug-likeness (QED) is 0.595. The molecule has 0 amide bonds. The molecule has 154 valence electrons. The van der Waals surface area contributed by atoms with Gasteiger partial charge in [-0.25, -0.2) is 8.42 Å². The van der Waals surface area contributed by atoms with Crippen LogP contribution in [0.2, 0.25) is 0 Å². The van der Waals surface area contributed by atoms with E-state index in [2.05, 4.69) is 0 Å². The molecule has 0 spiro atoms. The molecule has 1 saturated heterocycles. The van der Waals surface area contributed by atoms with Crippen molar-refractivity contribution < 1.29 is 23.2 Å². The molecule has 2 aromatic rings. The lowest BCUT2D eigenvalue weighted by molar-refractivity contribution is -0.385. The molecule has 0 unspecified atom stereocenters. The average Bonchev–Trinajstić information content (AvgIpc) is 2.73. The summed E-state index contributed by atoms with van der Waals surface area (Å²) in [6.45, 7) is 2.02. The van der Waals surface area contributed by atoms with Crippen molar-refractivity contribution in [2.75, 3.05) is 37.7 Å². The SMILES string of the molecule is O=[N+]([O-])c1ccc(N2CCc3cc(O)ccc3C2)c(S(=O)(=O)N2CCOCC2)c1. The second kappa shape index (κ2) is 7.62. The van der Waals surface area contributed by atoms with E-state index in [0.29, 0.717) is 38.4 Å². The van der Waals surface area contributed by atoms with Crippen LogP contribution in [0.4, 0.5) is 11.4 Å². The van der Waals surface area contributed by atoms with Crippen molar-refractivity contribution in [3.05, 3.63) is 57.6 Å². The van der Waals surface area contributed by atoms with Crippen LogP contribution in [0, 0.1) is 10.1 Å². The number of rotatable bonds is 4. The Bertz CT molecular complexity index is 1050. The number of morpholine rings is 1. The van der Waals surface area contributed by atoms with E-state index in [1.54, 1.807) is 12.1 Å². The van der Waals surface area contributed by atoms with Crippen molar-refractivity contribution in [3.8, 4) is 5.75 Å². The minimum absolute atomic E-state index is 0.0594. The van der Waals surface area contributed by atoms with Crippen molar-refractivity contribution in [2.45, 2.75) is 17.9 Å². The summed E-state index contributed by atoms with van der Waals surface area (Å²) >= 11 is 0. The van der Waals surface area contributed by atoms with Crippen molar-refractivity contribution >= 4 is 21.4 Å². The third-order valence-corrected chi connectivity index (χ3v) is 7.21. The van der Waals surface area contributed by atoms with Gasteiger partial charge in [0, 0.05) is 38.3 Å². The largest absolute Gasteiger partial charge is 0.508 e. The van der Waals surface area contributed by atoms with E-state index in [1.807, 2.05) is 11.0 Å². The molecule has 0 aliphatic carbocycles. The number of hydrogen-bond donors (Lipinski definition) is 1. The van der Waals surface area contributed by atoms with Crippen LogP contribution in [0.15, 0.2) is 41.3 Å². The van der Waals surface area contributed by atoms with Gasteiger partial charge >= 0.3 is 0 Å². The molecule has 2 aliphatic heterocycles. The molecule has 2 aromatic carbocycles. The van der Waals surface area contributed by atoms with Crippen LogP contribution in [0.1, 0.15) is 11.1 Å². The maximum atomic E-state index is 13.3. The van der Waals surface area contributed by atoms with E-state index in [4.69, 9.17) is 4.74 Å². The second-order valence-corrected chi connectivity index (χ2v) is 8.96. The van der Waals surface area contributed by atoms with Gasteiger partial charge in [-0.3, -0.25) is 10.1 Å². The van der Waals surface area contributed by atoms with Gasteiger partial charge in [-0.2, -0.15) is 4.31 Å². The lowest BCUT2D eigenvalue weighted by atomic mass is 9.99. The number of phenols is 1. The summed E-state index contributed by atoms with van der Waals surface area (Å²) < 4.78 is 33.2. The Kier molecular flexibility index (Phi) is 5.15. The monoisotopic (exact) mass is 419 g/mol. The van der Waals surface area contributed by atoms with E-state index in [0.717, 1.165) is 17.2 Å². The summed E-state index contributed by atoms with van der Waals surface area (Å²) in [7, 11) is -3.91. The number of ether oxygens (including phenoxy) is 1. The molecule has 2 aliphatic rings. The predicted octanol–water partition coefficient (Wildman–Crippen LogP) is 1.88. The third kappa shape index (κ3) is 3.78. The van der Waals surface area contributed by atoms with Crippen LogP contribution >= 0.6 is 0 Å². The highest BCUT2D eigenvalue weighted by Crippen LogP contribution is 2.35. The number of nitro benzene ring substituents is 1. The Labute approximate surface area is 168 Å². The molecular formula is C19H21N3O6S. The Morgan fingerprint density at radius 1 is 1.03 bits per heavy atom. The molecule has 0 atom stereocenters. The van der Waals surface area contributed by atoms with Gasteiger partial charge in [0.2, 0.25) is 10.0 Å². The molecule has 4 rings (SSSR count). The molecule has 9 nitrogen and oxygen atoms in total. The lowest BCUT2D eigenvalue weighted by Crippen LogP contribution is -2.41. The van der Waals surface area contributed by atoms with Gasteiger partial charge in [0.15, 0.2) is 0 Å². The zero-order chi connectivity index (χ0) is 20.6. The second-order valence-electron chi connectivity index (χ2n) is 7.05. The number of aromatic hydroxyl groups is 1. The maximum Gasteiger partial charge on any atom is 0.270 e. The fourth-order valence-electron chi connectivity index (χ4n) is 3.76. The topological polar surface area (TPSA) is 113 Å². The van der Waals surface area contributed by atoms with Gasteiger partial charge in [0.05, 0.1) is 23.8 Å². The number of sulfonamides is 1. The van der Waals surface area contributed by atoms with Gasteiger partial charge in [-0.05, 0) is 35.7 Å². The van der Waals surface area contributed by atoms with Gasteiger partial charge in [-0.1, -0.05) is 6.07 Å². The summed E-state index contributed by atoms with van der Waals surface area (Å²) in [5.74, 6) is 0.197. The molecular weight excluding hydrogens is 398 g/mol. The maximum absolute atomic E-state index is 13.3. The number of anilines is 1. The lowest BCUT2D eigenvalue weighted by Gasteiger charge is -2.33. The Balaban J connectivity index is 1.75. The van der Waals surface area contributed by atoms with E-state index in [1.165, 1.54) is 16.4 Å². The fourth-order valence-corrected chi connectivity index (χ4v) is 5.39. The minimum Gasteiger partial charge on any atom is -0.508 e. The summed E-state index contributed by atoms with van der Waals surface area (Å²) in [5.41, 5.74) is 2.19. The third-order valence-electron chi connectivity index (χ3n) is 5.28. The predicted molar refractivity (Wildman–Crippen MR) is 106 cm³/mol. The van der Waals surface area contributed by atoms with Gasteiger partial charge in [-0.15, -0.1) is 0 Å². The van der Waals surface area contributed by atoms with Crippen molar-refractivity contribution in [3.63, 3.8) is 0 Å². The van der Waals surface area contributed by atoms with Crippen LogP contribution in [-0.2, 0) is 27.7 Å². The minimum atomic E-state index is -3.91. The molecule has 0 radical (unpaired) electrons. The first-order valence-corrected chi connectivity index (χ1v) is 10.7. The fraction of sp³-hybridized carbons (Fsp3) is 0.368. The van der Waals surface area contributed by atoms with E-state index in [9.17, 15) is 23.6 Å². The molecule has 1 N–H and O–H groups in total. The molecule has 10 heteroatoms. The van der Waals surface area contributed by atoms with E-state index < -0.39 is 14.9 Å². The van der Waals surface area contributed by atoms with E-state index in [-0.39, 0.29) is 29.4 Å². The van der Waals surface area contributed by atoms with Gasteiger partial charge in [0.25, 0.3) is 5.69 Å².